The summed E-state index contributed by atoms with van der Waals surface area (Å²) in [6, 6.07) is 22.5. The molecule has 1 unspecified atom stereocenters. The van der Waals surface area contributed by atoms with Crippen molar-refractivity contribution in [3.05, 3.63) is 112 Å². The smallest absolute Gasteiger partial charge is 0.336 e. The molecule has 2 N–H and O–H groups in total. The molecule has 0 amide bonds. The molecule has 35 heavy (non-hydrogen) atoms. The number of nitrogens with two attached hydrogens (primary N) is 1. The first-order valence-electron chi connectivity index (χ1n) is 11.1. The van der Waals surface area contributed by atoms with Crippen LogP contribution in [-0.2, 0) is 10.2 Å². The molecule has 0 saturated carbocycles. The number of hydrogen-bond acceptors (Lipinski definition) is 5. The molecular formula is C29H25ClN2O3. The summed E-state index contributed by atoms with van der Waals surface area (Å²) in [6.45, 7) is 6.45. The molecule has 0 saturated heterocycles. The summed E-state index contributed by atoms with van der Waals surface area (Å²) in [7, 11) is 0. The summed E-state index contributed by atoms with van der Waals surface area (Å²) in [5.41, 5.74) is 10.2. The Bertz CT molecular complexity index is 1360. The number of carbonyl (C=O) groups excluding carboxylic acids is 1. The Labute approximate surface area is 210 Å². The van der Waals surface area contributed by atoms with Crippen molar-refractivity contribution in [3.63, 3.8) is 0 Å². The van der Waals surface area contributed by atoms with Crippen LogP contribution in [0.2, 0.25) is 5.02 Å². The SMILES string of the molecule is CC(C)(C)c1ccc(C2C(C#N)=C(N)Oc3cc(OC(=O)/C=C/c4ccc(Cl)cc4)ccc32)cc1. The Morgan fingerprint density at radius 1 is 1.09 bits per heavy atom. The van der Waals surface area contributed by atoms with E-state index >= 15 is 0 Å². The van der Waals surface area contributed by atoms with Crippen molar-refractivity contribution >= 4 is 23.6 Å². The third-order valence-electron chi connectivity index (χ3n) is 5.80. The van der Waals surface area contributed by atoms with Gasteiger partial charge in [0.2, 0.25) is 5.88 Å². The number of nitrogens with zero attached hydrogens (tertiary/aromatic N) is 1. The highest BCUT2D eigenvalue weighted by Gasteiger charge is 2.31. The van der Waals surface area contributed by atoms with E-state index in [2.05, 4.69) is 39.0 Å². The molecular weight excluding hydrogens is 460 g/mol. The topological polar surface area (TPSA) is 85.3 Å². The van der Waals surface area contributed by atoms with E-state index in [-0.39, 0.29) is 17.2 Å². The molecule has 3 aromatic carbocycles. The van der Waals surface area contributed by atoms with Crippen molar-refractivity contribution < 1.29 is 14.3 Å². The number of fused-ring (bicyclic) bond motifs is 1. The highest BCUT2D eigenvalue weighted by molar-refractivity contribution is 6.30. The van der Waals surface area contributed by atoms with Gasteiger partial charge in [0, 0.05) is 22.7 Å². The molecule has 1 aliphatic heterocycles. The maximum absolute atomic E-state index is 12.3. The second-order valence-electron chi connectivity index (χ2n) is 9.30. The second-order valence-corrected chi connectivity index (χ2v) is 9.74. The van der Waals surface area contributed by atoms with Gasteiger partial charge in [0.05, 0.1) is 5.92 Å². The van der Waals surface area contributed by atoms with Crippen LogP contribution in [0.1, 0.15) is 48.9 Å². The molecule has 5 nitrogen and oxygen atoms in total. The molecule has 1 aliphatic rings. The standard InChI is InChI=1S/C29H25ClN2O3/c1-29(2,3)20-9-7-19(8-10-20)27-23-14-13-22(16-25(23)35-28(32)24(27)17-31)34-26(33)15-6-18-4-11-21(30)12-5-18/h4-16,27H,32H2,1-3H3/b15-6+. The van der Waals surface area contributed by atoms with E-state index in [1.54, 1.807) is 48.5 Å². The van der Waals surface area contributed by atoms with E-state index < -0.39 is 5.97 Å². The highest BCUT2D eigenvalue weighted by atomic mass is 35.5. The van der Waals surface area contributed by atoms with Crippen LogP contribution in [0.15, 0.2) is 84.3 Å². The summed E-state index contributed by atoms with van der Waals surface area (Å²) in [6.07, 6.45) is 2.98. The number of ether oxygens (including phenoxy) is 2. The average Bonchev–Trinajstić information content (AvgIpc) is 2.82. The lowest BCUT2D eigenvalue weighted by atomic mass is 9.81. The van der Waals surface area contributed by atoms with Gasteiger partial charge in [0.1, 0.15) is 23.1 Å². The van der Waals surface area contributed by atoms with Gasteiger partial charge in [-0.05, 0) is 46.4 Å². The number of carbonyl (C=O) groups is 1. The number of nitriles is 1. The molecule has 0 bridgehead atoms. The summed E-state index contributed by atoms with van der Waals surface area (Å²) in [4.78, 5) is 12.3. The monoisotopic (exact) mass is 484 g/mol. The van der Waals surface area contributed by atoms with Crippen LogP contribution in [0.25, 0.3) is 6.08 Å². The fourth-order valence-corrected chi connectivity index (χ4v) is 4.03. The molecule has 0 aliphatic carbocycles. The van der Waals surface area contributed by atoms with Gasteiger partial charge >= 0.3 is 5.97 Å². The predicted octanol–water partition coefficient (Wildman–Crippen LogP) is 6.47. The molecule has 6 heteroatoms. The Morgan fingerprint density at radius 3 is 2.40 bits per heavy atom. The van der Waals surface area contributed by atoms with Crippen LogP contribution in [-0.4, -0.2) is 5.97 Å². The molecule has 4 rings (SSSR count). The number of halogens is 1. The molecule has 0 radical (unpaired) electrons. The van der Waals surface area contributed by atoms with Crippen molar-refractivity contribution in [1.29, 1.82) is 5.26 Å². The lowest BCUT2D eigenvalue weighted by Crippen LogP contribution is -2.21. The molecule has 0 aromatic heterocycles. The van der Waals surface area contributed by atoms with Crippen LogP contribution >= 0.6 is 11.6 Å². The van der Waals surface area contributed by atoms with E-state index in [1.807, 2.05) is 12.1 Å². The highest BCUT2D eigenvalue weighted by Crippen LogP contribution is 2.43. The zero-order valence-electron chi connectivity index (χ0n) is 19.7. The van der Waals surface area contributed by atoms with E-state index in [4.69, 9.17) is 26.8 Å². The largest absolute Gasteiger partial charge is 0.440 e. The fourth-order valence-electron chi connectivity index (χ4n) is 3.91. The van der Waals surface area contributed by atoms with Gasteiger partial charge < -0.3 is 15.2 Å². The number of rotatable bonds is 4. The summed E-state index contributed by atoms with van der Waals surface area (Å²) < 4.78 is 11.2. The number of benzene rings is 3. The van der Waals surface area contributed by atoms with Crippen LogP contribution in [0.5, 0.6) is 11.5 Å². The van der Waals surface area contributed by atoms with E-state index in [0.717, 1.165) is 16.7 Å². The number of hydrogen-bond donors (Lipinski definition) is 1. The maximum Gasteiger partial charge on any atom is 0.336 e. The van der Waals surface area contributed by atoms with Gasteiger partial charge in [-0.15, -0.1) is 0 Å². The fraction of sp³-hybridized carbons (Fsp3) is 0.172. The zero-order valence-corrected chi connectivity index (χ0v) is 20.5. The predicted molar refractivity (Wildman–Crippen MR) is 137 cm³/mol. The Morgan fingerprint density at radius 2 is 1.77 bits per heavy atom. The first kappa shape index (κ1) is 24.1. The van der Waals surface area contributed by atoms with Crippen LogP contribution in [0.3, 0.4) is 0 Å². The molecule has 1 atom stereocenters. The molecule has 0 spiro atoms. The van der Waals surface area contributed by atoms with Gasteiger partial charge in [-0.2, -0.15) is 5.26 Å². The van der Waals surface area contributed by atoms with Crippen molar-refractivity contribution in [3.8, 4) is 17.6 Å². The van der Waals surface area contributed by atoms with Gasteiger partial charge in [0.15, 0.2) is 0 Å². The second kappa shape index (κ2) is 9.69. The van der Waals surface area contributed by atoms with Gasteiger partial charge in [-0.1, -0.05) is 74.8 Å². The van der Waals surface area contributed by atoms with E-state index in [9.17, 15) is 10.1 Å². The first-order valence-corrected chi connectivity index (χ1v) is 11.5. The van der Waals surface area contributed by atoms with Crippen LogP contribution in [0, 0.1) is 11.3 Å². The quantitative estimate of drug-likeness (QED) is 0.260. The lowest BCUT2D eigenvalue weighted by Gasteiger charge is -2.27. The van der Waals surface area contributed by atoms with E-state index in [1.165, 1.54) is 11.6 Å². The molecule has 176 valence electrons. The minimum atomic E-state index is -0.536. The lowest BCUT2D eigenvalue weighted by molar-refractivity contribution is -0.128. The van der Waals surface area contributed by atoms with Crippen LogP contribution in [0.4, 0.5) is 0 Å². The summed E-state index contributed by atoms with van der Waals surface area (Å²) >= 11 is 5.88. The Hall–Kier alpha value is -4.01. The number of esters is 1. The molecule has 1 heterocycles. The number of allylic oxidation sites excluding steroid dienone is 1. The average molecular weight is 485 g/mol. The van der Waals surface area contributed by atoms with Gasteiger partial charge in [-0.25, -0.2) is 4.79 Å². The Balaban J connectivity index is 1.59. The van der Waals surface area contributed by atoms with Crippen LogP contribution < -0.4 is 15.2 Å². The summed E-state index contributed by atoms with van der Waals surface area (Å²) in [5, 5.41) is 10.4. The zero-order chi connectivity index (χ0) is 25.2. The first-order chi connectivity index (χ1) is 16.7. The normalized spacial score (nSPS) is 15.3. The van der Waals surface area contributed by atoms with Crippen molar-refractivity contribution in [2.24, 2.45) is 5.73 Å². The minimum absolute atomic E-state index is 0.0137. The van der Waals surface area contributed by atoms with Crippen molar-refractivity contribution in [1.82, 2.24) is 0 Å². The van der Waals surface area contributed by atoms with Crippen molar-refractivity contribution in [2.75, 3.05) is 0 Å². The molecule has 0 fully saturated rings. The minimum Gasteiger partial charge on any atom is -0.440 e. The maximum atomic E-state index is 12.3. The van der Waals surface area contributed by atoms with E-state index in [0.29, 0.717) is 22.1 Å². The summed E-state index contributed by atoms with van der Waals surface area (Å²) in [5.74, 6) is -0.127. The Kier molecular flexibility index (Phi) is 6.68. The molecule has 3 aromatic rings. The third-order valence-corrected chi connectivity index (χ3v) is 6.05. The third kappa shape index (κ3) is 5.40. The van der Waals surface area contributed by atoms with Gasteiger partial charge in [0.25, 0.3) is 0 Å². The van der Waals surface area contributed by atoms with Gasteiger partial charge in [-0.3, -0.25) is 0 Å². The van der Waals surface area contributed by atoms with Crippen molar-refractivity contribution in [2.45, 2.75) is 32.1 Å².